The molecule has 0 radical (unpaired) electrons. The topological polar surface area (TPSA) is 68.3 Å². The molecule has 7 heteroatoms. The van der Waals surface area contributed by atoms with E-state index in [2.05, 4.69) is 24.1 Å². The van der Waals surface area contributed by atoms with E-state index < -0.39 is 17.6 Å². The minimum Gasteiger partial charge on any atom is -0.493 e. The first kappa shape index (κ1) is 21.9. The van der Waals surface area contributed by atoms with Crippen molar-refractivity contribution in [3.8, 4) is 5.75 Å². The minimum atomic E-state index is -1.05. The summed E-state index contributed by atoms with van der Waals surface area (Å²) in [7, 11) is 1.29. The van der Waals surface area contributed by atoms with Gasteiger partial charge in [-0.25, -0.2) is 4.39 Å². The van der Waals surface area contributed by atoms with Crippen molar-refractivity contribution in [2.24, 2.45) is 11.3 Å². The minimum absolute atomic E-state index is 0.0709. The Labute approximate surface area is 174 Å². The second kappa shape index (κ2) is 8.50. The third-order valence-electron chi connectivity index (χ3n) is 5.87. The predicted molar refractivity (Wildman–Crippen MR) is 110 cm³/mol. The summed E-state index contributed by atoms with van der Waals surface area (Å²) in [6, 6.07) is 4.14. The van der Waals surface area contributed by atoms with Gasteiger partial charge in [0.05, 0.1) is 18.4 Å². The van der Waals surface area contributed by atoms with Crippen LogP contribution in [-0.4, -0.2) is 23.8 Å². The largest absolute Gasteiger partial charge is 0.493 e. The zero-order valence-electron chi connectivity index (χ0n) is 17.6. The van der Waals surface area contributed by atoms with Gasteiger partial charge in [0.15, 0.2) is 17.3 Å². The van der Waals surface area contributed by atoms with Crippen LogP contribution in [0.4, 0.5) is 14.5 Å². The van der Waals surface area contributed by atoms with Crippen molar-refractivity contribution in [2.75, 3.05) is 12.4 Å². The molecule has 0 spiro atoms. The van der Waals surface area contributed by atoms with E-state index in [1.807, 2.05) is 0 Å². The summed E-state index contributed by atoms with van der Waals surface area (Å²) in [5.41, 5.74) is 1.12. The van der Waals surface area contributed by atoms with E-state index >= 15 is 0 Å². The summed E-state index contributed by atoms with van der Waals surface area (Å²) >= 11 is 0. The summed E-state index contributed by atoms with van der Waals surface area (Å²) in [6.07, 6.45) is 4.91. The van der Waals surface area contributed by atoms with E-state index in [-0.39, 0.29) is 28.8 Å². The number of pyridine rings is 1. The van der Waals surface area contributed by atoms with E-state index in [1.54, 1.807) is 6.07 Å². The molecule has 0 aliphatic heterocycles. The van der Waals surface area contributed by atoms with Crippen LogP contribution in [0.3, 0.4) is 0 Å². The van der Waals surface area contributed by atoms with E-state index in [0.717, 1.165) is 12.5 Å². The van der Waals surface area contributed by atoms with Crippen LogP contribution in [-0.2, 0) is 4.79 Å². The van der Waals surface area contributed by atoms with Crippen molar-refractivity contribution in [1.29, 1.82) is 0 Å². The lowest BCUT2D eigenvalue weighted by molar-refractivity contribution is -0.122. The van der Waals surface area contributed by atoms with Crippen LogP contribution in [0.15, 0.2) is 30.6 Å². The van der Waals surface area contributed by atoms with Gasteiger partial charge in [0, 0.05) is 23.9 Å². The summed E-state index contributed by atoms with van der Waals surface area (Å²) in [6.45, 7) is 5.60. The van der Waals surface area contributed by atoms with Gasteiger partial charge in [-0.05, 0) is 49.7 Å². The Balaban J connectivity index is 1.98. The zero-order valence-corrected chi connectivity index (χ0v) is 17.6. The molecule has 1 amide bonds. The van der Waals surface area contributed by atoms with Gasteiger partial charge in [-0.3, -0.25) is 14.6 Å². The molecule has 5 nitrogen and oxygen atoms in total. The number of hydrogen-bond donors (Lipinski definition) is 1. The number of ether oxygens (including phenoxy) is 1. The molecule has 1 aliphatic rings. The molecule has 2 atom stereocenters. The molecule has 1 saturated carbocycles. The van der Waals surface area contributed by atoms with Crippen molar-refractivity contribution in [2.45, 2.75) is 46.0 Å². The molecule has 2 aromatic rings. The second-order valence-corrected chi connectivity index (χ2v) is 8.57. The van der Waals surface area contributed by atoms with Crippen LogP contribution in [0.25, 0.3) is 0 Å². The first-order chi connectivity index (χ1) is 14.1. The predicted octanol–water partition coefficient (Wildman–Crippen LogP) is 5.12. The molecule has 0 bridgehead atoms. The van der Waals surface area contributed by atoms with Gasteiger partial charge in [-0.2, -0.15) is 4.39 Å². The number of amides is 1. The fourth-order valence-electron chi connectivity index (χ4n) is 4.28. The summed E-state index contributed by atoms with van der Waals surface area (Å²) in [5.74, 6) is -3.52. The lowest BCUT2D eigenvalue weighted by Gasteiger charge is -2.40. The van der Waals surface area contributed by atoms with E-state index in [0.29, 0.717) is 29.7 Å². The first-order valence-corrected chi connectivity index (χ1v) is 9.92. The van der Waals surface area contributed by atoms with Crippen molar-refractivity contribution >= 4 is 17.4 Å². The number of rotatable bonds is 5. The highest BCUT2D eigenvalue weighted by molar-refractivity contribution is 6.04. The average molecular weight is 416 g/mol. The van der Waals surface area contributed by atoms with Gasteiger partial charge in [-0.1, -0.05) is 19.9 Å². The number of nitrogens with zero attached hydrogens (tertiary/aromatic N) is 1. The highest BCUT2D eigenvalue weighted by Crippen LogP contribution is 2.49. The third-order valence-corrected chi connectivity index (χ3v) is 5.87. The molecule has 1 aromatic carbocycles. The average Bonchev–Trinajstić information content (AvgIpc) is 2.69. The van der Waals surface area contributed by atoms with Crippen LogP contribution in [0.5, 0.6) is 5.75 Å². The molecule has 30 heavy (non-hydrogen) atoms. The first-order valence-electron chi connectivity index (χ1n) is 9.92. The molecule has 1 aromatic heterocycles. The Hall–Kier alpha value is -2.83. The van der Waals surface area contributed by atoms with E-state index in [9.17, 15) is 18.4 Å². The van der Waals surface area contributed by atoms with Crippen molar-refractivity contribution in [1.82, 2.24) is 4.98 Å². The molecule has 1 fully saturated rings. The van der Waals surface area contributed by atoms with Gasteiger partial charge in [0.1, 0.15) is 0 Å². The number of ketones is 1. The maximum absolute atomic E-state index is 14.4. The SMILES string of the molecule is COc1c([C@@H]2CC(C)(C)CC[C@H]2C(=O)Nc2ccncc2C(C)=O)ccc(F)c1F. The number of aromatic nitrogens is 1. The lowest BCUT2D eigenvalue weighted by atomic mass is 9.64. The van der Waals surface area contributed by atoms with E-state index in [1.165, 1.54) is 32.5 Å². The van der Waals surface area contributed by atoms with Crippen LogP contribution >= 0.6 is 0 Å². The molecule has 0 saturated heterocycles. The number of carbonyl (C=O) groups is 2. The van der Waals surface area contributed by atoms with Crippen LogP contribution < -0.4 is 10.1 Å². The number of benzene rings is 1. The van der Waals surface area contributed by atoms with Crippen LogP contribution in [0, 0.1) is 23.0 Å². The van der Waals surface area contributed by atoms with Gasteiger partial charge in [-0.15, -0.1) is 0 Å². The Morgan fingerprint density at radius 2 is 1.97 bits per heavy atom. The second-order valence-electron chi connectivity index (χ2n) is 8.57. The fourth-order valence-corrected chi connectivity index (χ4v) is 4.28. The zero-order chi connectivity index (χ0) is 22.1. The maximum Gasteiger partial charge on any atom is 0.228 e. The fraction of sp³-hybridized carbons (Fsp3) is 0.435. The van der Waals surface area contributed by atoms with Crippen LogP contribution in [0.1, 0.15) is 61.9 Å². The van der Waals surface area contributed by atoms with Crippen molar-refractivity contribution < 1.29 is 23.1 Å². The van der Waals surface area contributed by atoms with Crippen molar-refractivity contribution in [3.05, 3.63) is 53.4 Å². The summed E-state index contributed by atoms with van der Waals surface area (Å²) in [4.78, 5) is 29.0. The Morgan fingerprint density at radius 3 is 2.63 bits per heavy atom. The van der Waals surface area contributed by atoms with Crippen molar-refractivity contribution in [3.63, 3.8) is 0 Å². The highest BCUT2D eigenvalue weighted by Gasteiger charge is 2.41. The number of hydrogen-bond acceptors (Lipinski definition) is 4. The number of halogens is 2. The Morgan fingerprint density at radius 1 is 1.23 bits per heavy atom. The number of nitrogens with one attached hydrogen (secondary N) is 1. The summed E-state index contributed by atoms with van der Waals surface area (Å²) < 4.78 is 33.3. The van der Waals surface area contributed by atoms with Gasteiger partial charge < -0.3 is 10.1 Å². The number of methoxy groups -OCH3 is 1. The quantitative estimate of drug-likeness (QED) is 0.687. The normalized spacial score (nSPS) is 20.5. The summed E-state index contributed by atoms with van der Waals surface area (Å²) in [5, 5.41) is 2.84. The number of carbonyl (C=O) groups excluding carboxylic acids is 2. The smallest absolute Gasteiger partial charge is 0.228 e. The molecular weight excluding hydrogens is 390 g/mol. The maximum atomic E-state index is 14.4. The van der Waals surface area contributed by atoms with Gasteiger partial charge >= 0.3 is 0 Å². The Bertz CT molecular complexity index is 975. The van der Waals surface area contributed by atoms with Gasteiger partial charge in [0.25, 0.3) is 0 Å². The molecule has 3 rings (SSSR count). The molecular formula is C23H26F2N2O3. The van der Waals surface area contributed by atoms with E-state index in [4.69, 9.17) is 4.74 Å². The third kappa shape index (κ3) is 4.35. The monoisotopic (exact) mass is 416 g/mol. The molecule has 0 unspecified atom stereocenters. The molecule has 160 valence electrons. The van der Waals surface area contributed by atoms with Gasteiger partial charge in [0.2, 0.25) is 11.7 Å². The molecule has 1 heterocycles. The molecule has 1 aliphatic carbocycles. The molecule has 1 N–H and O–H groups in total. The Kier molecular flexibility index (Phi) is 6.19. The number of Topliss-reactive ketones (excluding diaryl/α,β-unsaturated/α-hetero) is 1. The standard InChI is InChI=1S/C23H26F2N2O3/c1-13(28)17-12-26-10-8-19(17)27-22(29)15-7-9-23(2,3)11-16(15)14-5-6-18(24)20(25)21(14)30-4/h5-6,8,10,12,15-16H,7,9,11H2,1-4H3,(H,26,27,29)/t15-,16+/m1/s1. The highest BCUT2D eigenvalue weighted by atomic mass is 19.2. The van der Waals surface area contributed by atoms with Crippen LogP contribution in [0.2, 0.25) is 0 Å². The number of anilines is 1. The lowest BCUT2D eigenvalue weighted by Crippen LogP contribution is -2.36.